The molecule has 7 nitrogen and oxygen atoms in total. The van der Waals surface area contributed by atoms with Gasteiger partial charge < -0.3 is 4.90 Å². The van der Waals surface area contributed by atoms with Crippen LogP contribution in [0.1, 0.15) is 29.8 Å². The Kier molecular flexibility index (Phi) is 4.40. The highest BCUT2D eigenvalue weighted by molar-refractivity contribution is 7.98. The van der Waals surface area contributed by atoms with E-state index in [1.165, 1.54) is 6.20 Å². The Morgan fingerprint density at radius 2 is 2.24 bits per heavy atom. The van der Waals surface area contributed by atoms with Gasteiger partial charge in [0.1, 0.15) is 6.07 Å². The molecule has 1 saturated heterocycles. The van der Waals surface area contributed by atoms with Crippen LogP contribution in [0.3, 0.4) is 0 Å². The van der Waals surface area contributed by atoms with E-state index in [4.69, 9.17) is 0 Å². The van der Waals surface area contributed by atoms with Gasteiger partial charge in [-0.3, -0.25) is 4.79 Å². The summed E-state index contributed by atoms with van der Waals surface area (Å²) in [5.41, 5.74) is 2.39. The Hall–Kier alpha value is -2.40. The number of hydrogen-bond acceptors (Lipinski definition) is 7. The average Bonchev–Trinajstić information content (AvgIpc) is 3.10. The molecule has 0 amide bonds. The fraction of sp³-hybridized carbons (Fsp3) is 0.471. The van der Waals surface area contributed by atoms with Gasteiger partial charge in [0.15, 0.2) is 11.5 Å². The molecule has 2 aliphatic heterocycles. The molecule has 1 atom stereocenters. The van der Waals surface area contributed by atoms with E-state index in [0.717, 1.165) is 48.6 Å². The second-order valence-electron chi connectivity index (χ2n) is 6.27. The molecule has 2 aromatic rings. The Balaban J connectivity index is 1.62. The number of rotatable bonds is 3. The van der Waals surface area contributed by atoms with E-state index in [9.17, 15) is 10.1 Å². The van der Waals surface area contributed by atoms with Crippen LogP contribution in [-0.4, -0.2) is 38.1 Å². The highest BCUT2D eigenvalue weighted by Crippen LogP contribution is 2.26. The van der Waals surface area contributed by atoms with Crippen molar-refractivity contribution in [1.82, 2.24) is 19.7 Å². The first-order chi connectivity index (χ1) is 12.3. The van der Waals surface area contributed by atoms with Gasteiger partial charge in [0.25, 0.3) is 5.56 Å². The maximum absolute atomic E-state index is 12.4. The Morgan fingerprint density at radius 1 is 1.36 bits per heavy atom. The van der Waals surface area contributed by atoms with Crippen molar-refractivity contribution in [2.24, 2.45) is 0 Å². The number of anilines is 1. The quantitative estimate of drug-likeness (QED) is 0.822. The van der Waals surface area contributed by atoms with E-state index in [0.29, 0.717) is 18.1 Å². The number of hydrogen-bond donors (Lipinski definition) is 0. The summed E-state index contributed by atoms with van der Waals surface area (Å²) < 4.78 is 1.58. The van der Waals surface area contributed by atoms with Gasteiger partial charge in [-0.1, -0.05) is 0 Å². The lowest BCUT2D eigenvalue weighted by molar-refractivity contribution is 0.479. The largest absolute Gasteiger partial charge is 0.349 e. The van der Waals surface area contributed by atoms with Crippen molar-refractivity contribution in [3.63, 3.8) is 0 Å². The second kappa shape index (κ2) is 6.84. The van der Waals surface area contributed by atoms with Crippen molar-refractivity contribution in [3.8, 4) is 6.07 Å². The first-order valence-corrected chi connectivity index (χ1v) is 9.57. The molecule has 2 aliphatic rings. The fourth-order valence-electron chi connectivity index (χ4n) is 3.51. The summed E-state index contributed by atoms with van der Waals surface area (Å²) >= 11 is 1.84. The molecule has 1 unspecified atom stereocenters. The molecule has 0 spiro atoms. The highest BCUT2D eigenvalue weighted by atomic mass is 32.2. The maximum Gasteiger partial charge on any atom is 0.267 e. The smallest absolute Gasteiger partial charge is 0.267 e. The first kappa shape index (κ1) is 16.1. The topological polar surface area (TPSA) is 87.7 Å². The molecule has 8 heteroatoms. The predicted octanol–water partition coefficient (Wildman–Crippen LogP) is 1.36. The van der Waals surface area contributed by atoms with Gasteiger partial charge in [-0.15, -0.1) is 0 Å². The number of aromatic nitrogens is 4. The van der Waals surface area contributed by atoms with Gasteiger partial charge in [0.05, 0.1) is 18.3 Å². The summed E-state index contributed by atoms with van der Waals surface area (Å²) in [7, 11) is 0. The van der Waals surface area contributed by atoms with Crippen molar-refractivity contribution in [2.45, 2.75) is 37.6 Å². The summed E-state index contributed by atoms with van der Waals surface area (Å²) in [6.45, 7) is 1.33. The molecule has 0 radical (unpaired) electrons. The van der Waals surface area contributed by atoms with Gasteiger partial charge in [0.2, 0.25) is 0 Å². The molecule has 4 heterocycles. The number of nitrogens with zero attached hydrogens (tertiary/aromatic N) is 6. The third-order valence-corrected chi connectivity index (χ3v) is 5.73. The molecule has 0 aliphatic carbocycles. The van der Waals surface area contributed by atoms with E-state index in [2.05, 4.69) is 26.0 Å². The zero-order valence-corrected chi connectivity index (χ0v) is 14.6. The lowest BCUT2D eigenvalue weighted by Gasteiger charge is -2.26. The monoisotopic (exact) mass is 354 g/mol. The average molecular weight is 354 g/mol. The van der Waals surface area contributed by atoms with Gasteiger partial charge >= 0.3 is 0 Å². The van der Waals surface area contributed by atoms with Gasteiger partial charge in [-0.25, -0.2) is 14.6 Å². The fourth-order valence-corrected chi connectivity index (χ4v) is 4.46. The second-order valence-corrected chi connectivity index (χ2v) is 7.37. The third-order valence-electron chi connectivity index (χ3n) is 4.72. The number of thioether (sulfide) groups is 1. The van der Waals surface area contributed by atoms with Crippen molar-refractivity contribution in [1.29, 1.82) is 5.26 Å². The normalized spacial score (nSPS) is 19.5. The summed E-state index contributed by atoms with van der Waals surface area (Å²) in [5, 5.41) is 13.9. The first-order valence-electron chi connectivity index (χ1n) is 8.41. The molecule has 0 saturated carbocycles. The summed E-state index contributed by atoms with van der Waals surface area (Å²) in [5.74, 6) is 2.53. The third kappa shape index (κ3) is 3.12. The SMILES string of the molecule is N#Cc1nccnc1N1CCCC1Cn1nc2c(cc1=O)CSCC2. The van der Waals surface area contributed by atoms with Crippen molar-refractivity contribution >= 4 is 17.6 Å². The van der Waals surface area contributed by atoms with E-state index in [1.54, 1.807) is 16.9 Å². The number of fused-ring (bicyclic) bond motifs is 1. The minimum atomic E-state index is -0.0484. The van der Waals surface area contributed by atoms with Crippen LogP contribution in [0, 0.1) is 11.3 Å². The van der Waals surface area contributed by atoms with Crippen molar-refractivity contribution in [2.75, 3.05) is 17.2 Å². The summed E-state index contributed by atoms with van der Waals surface area (Å²) in [6, 6.07) is 3.94. The lowest BCUT2D eigenvalue weighted by atomic mass is 10.2. The zero-order valence-electron chi connectivity index (χ0n) is 13.8. The minimum Gasteiger partial charge on any atom is -0.349 e. The van der Waals surface area contributed by atoms with Gasteiger partial charge in [0, 0.05) is 37.2 Å². The minimum absolute atomic E-state index is 0.0484. The number of aryl methyl sites for hydroxylation is 1. The van der Waals surface area contributed by atoms with Crippen LogP contribution in [0.2, 0.25) is 0 Å². The van der Waals surface area contributed by atoms with E-state index in [1.807, 2.05) is 11.8 Å². The Morgan fingerprint density at radius 3 is 3.12 bits per heavy atom. The highest BCUT2D eigenvalue weighted by Gasteiger charge is 2.29. The Bertz CT molecular complexity index is 889. The molecule has 0 N–H and O–H groups in total. The lowest BCUT2D eigenvalue weighted by Crippen LogP contribution is -2.38. The molecular formula is C17H18N6OS. The molecule has 1 fully saturated rings. The number of nitriles is 1. The van der Waals surface area contributed by atoms with Crippen LogP contribution in [0.5, 0.6) is 0 Å². The van der Waals surface area contributed by atoms with Crippen LogP contribution < -0.4 is 10.5 Å². The molecule has 2 aromatic heterocycles. The van der Waals surface area contributed by atoms with Gasteiger partial charge in [-0.05, 0) is 24.2 Å². The van der Waals surface area contributed by atoms with E-state index >= 15 is 0 Å². The van der Waals surface area contributed by atoms with Crippen molar-refractivity contribution < 1.29 is 0 Å². The van der Waals surface area contributed by atoms with Gasteiger partial charge in [-0.2, -0.15) is 22.1 Å². The van der Waals surface area contributed by atoms with E-state index in [-0.39, 0.29) is 11.6 Å². The van der Waals surface area contributed by atoms with Crippen LogP contribution >= 0.6 is 11.8 Å². The molecule has 0 aromatic carbocycles. The van der Waals surface area contributed by atoms with Crippen LogP contribution in [0.15, 0.2) is 23.3 Å². The molecular weight excluding hydrogens is 336 g/mol. The van der Waals surface area contributed by atoms with Crippen LogP contribution in [-0.2, 0) is 18.7 Å². The van der Waals surface area contributed by atoms with E-state index < -0.39 is 0 Å². The summed E-state index contributed by atoms with van der Waals surface area (Å²) in [6.07, 6.45) is 6.00. The standard InChI is InChI=1S/C17H18N6OS/c18-9-15-17(20-5-4-19-15)22-6-1-2-13(22)10-23-16(24)8-12-11-25-7-3-14(12)21-23/h4-5,8,13H,1-3,6-7,10-11H2. The summed E-state index contributed by atoms with van der Waals surface area (Å²) in [4.78, 5) is 23.0. The van der Waals surface area contributed by atoms with Crippen molar-refractivity contribution in [3.05, 3.63) is 45.8 Å². The zero-order chi connectivity index (χ0) is 17.2. The maximum atomic E-state index is 12.4. The molecule has 25 heavy (non-hydrogen) atoms. The predicted molar refractivity (Wildman–Crippen MR) is 95.5 cm³/mol. The van der Waals surface area contributed by atoms with Crippen LogP contribution in [0.25, 0.3) is 0 Å². The molecule has 4 rings (SSSR count). The molecule has 128 valence electrons. The Labute approximate surface area is 149 Å². The van der Waals surface area contributed by atoms with Crippen LogP contribution in [0.4, 0.5) is 5.82 Å². The molecule has 0 bridgehead atoms.